The fraction of sp³-hybridized carbons (Fsp3) is 0.692. The van der Waals surface area contributed by atoms with Crippen molar-refractivity contribution < 1.29 is 9.59 Å². The lowest BCUT2D eigenvalue weighted by Gasteiger charge is -2.39. The fourth-order valence-electron chi connectivity index (χ4n) is 2.69. The number of urea groups is 1. The van der Waals surface area contributed by atoms with E-state index >= 15 is 0 Å². The summed E-state index contributed by atoms with van der Waals surface area (Å²) < 4.78 is 0. The molecular formula is C13H20N2O2. The van der Waals surface area contributed by atoms with E-state index < -0.39 is 0 Å². The molecule has 2 N–H and O–H groups in total. The van der Waals surface area contributed by atoms with E-state index in [0.29, 0.717) is 6.42 Å². The molecule has 1 aliphatic carbocycles. The summed E-state index contributed by atoms with van der Waals surface area (Å²) >= 11 is 0. The van der Waals surface area contributed by atoms with Gasteiger partial charge >= 0.3 is 6.03 Å². The van der Waals surface area contributed by atoms with E-state index in [0.717, 1.165) is 17.7 Å². The van der Waals surface area contributed by atoms with Gasteiger partial charge in [-0.15, -0.1) is 0 Å². The van der Waals surface area contributed by atoms with Crippen molar-refractivity contribution in [3.05, 3.63) is 11.3 Å². The molecule has 0 aromatic rings. The van der Waals surface area contributed by atoms with Gasteiger partial charge in [0.25, 0.3) is 0 Å². The van der Waals surface area contributed by atoms with Gasteiger partial charge in [0, 0.05) is 17.7 Å². The molecule has 2 amide bonds. The summed E-state index contributed by atoms with van der Waals surface area (Å²) in [4.78, 5) is 23.8. The number of hydrogen-bond donors (Lipinski definition) is 2. The smallest absolute Gasteiger partial charge is 0.319 e. The minimum Gasteiger partial charge on any atom is -0.331 e. The summed E-state index contributed by atoms with van der Waals surface area (Å²) in [6.45, 7) is 8.17. The molecule has 1 aliphatic heterocycles. The van der Waals surface area contributed by atoms with Crippen molar-refractivity contribution in [3.8, 4) is 0 Å². The zero-order chi connectivity index (χ0) is 12.8. The molecule has 0 aromatic carbocycles. The molecule has 0 aromatic heterocycles. The van der Waals surface area contributed by atoms with Crippen molar-refractivity contribution in [3.63, 3.8) is 0 Å². The second-order valence-corrected chi connectivity index (χ2v) is 6.15. The Kier molecular flexibility index (Phi) is 2.76. The molecule has 1 heterocycles. The van der Waals surface area contributed by atoms with Crippen molar-refractivity contribution in [2.75, 3.05) is 0 Å². The normalized spacial score (nSPS) is 27.7. The highest BCUT2D eigenvalue weighted by molar-refractivity contribution is 6.01. The SMILES string of the molecule is CC(C)[C@H]1NC(=O)NC2=C1C(=O)CC(C)(C)C2. The van der Waals surface area contributed by atoms with E-state index in [1.54, 1.807) is 0 Å². The topological polar surface area (TPSA) is 58.2 Å². The molecule has 0 bridgehead atoms. The lowest BCUT2D eigenvalue weighted by Crippen LogP contribution is -2.54. The molecule has 94 valence electrons. The summed E-state index contributed by atoms with van der Waals surface area (Å²) in [5, 5.41) is 5.64. The van der Waals surface area contributed by atoms with Crippen LogP contribution in [0.3, 0.4) is 0 Å². The third kappa shape index (κ3) is 2.21. The van der Waals surface area contributed by atoms with Crippen molar-refractivity contribution in [1.29, 1.82) is 0 Å². The van der Waals surface area contributed by atoms with E-state index in [4.69, 9.17) is 0 Å². The monoisotopic (exact) mass is 236 g/mol. The Labute approximate surface area is 102 Å². The minimum absolute atomic E-state index is 0.0535. The first-order valence-corrected chi connectivity index (χ1v) is 6.14. The van der Waals surface area contributed by atoms with Gasteiger partial charge in [0.15, 0.2) is 5.78 Å². The molecule has 0 saturated carbocycles. The number of nitrogens with one attached hydrogen (secondary N) is 2. The van der Waals surface area contributed by atoms with Crippen LogP contribution in [0.4, 0.5) is 4.79 Å². The van der Waals surface area contributed by atoms with Gasteiger partial charge in [0.2, 0.25) is 0 Å². The van der Waals surface area contributed by atoms with Gasteiger partial charge in [-0.05, 0) is 17.8 Å². The molecule has 0 saturated heterocycles. The van der Waals surface area contributed by atoms with E-state index in [1.165, 1.54) is 0 Å². The Morgan fingerprint density at radius 3 is 2.47 bits per heavy atom. The Morgan fingerprint density at radius 1 is 1.24 bits per heavy atom. The van der Waals surface area contributed by atoms with Gasteiger partial charge in [0.05, 0.1) is 6.04 Å². The summed E-state index contributed by atoms with van der Waals surface area (Å²) in [6.07, 6.45) is 1.33. The number of Topliss-reactive ketones (excluding diaryl/α,β-unsaturated/α-hetero) is 1. The van der Waals surface area contributed by atoms with Gasteiger partial charge < -0.3 is 10.6 Å². The highest BCUT2D eigenvalue weighted by atomic mass is 16.2. The maximum atomic E-state index is 12.2. The van der Waals surface area contributed by atoms with Crippen LogP contribution in [-0.4, -0.2) is 17.9 Å². The zero-order valence-corrected chi connectivity index (χ0v) is 10.9. The lowest BCUT2D eigenvalue weighted by atomic mass is 9.72. The molecule has 0 radical (unpaired) electrons. The Hall–Kier alpha value is -1.32. The van der Waals surface area contributed by atoms with Crippen LogP contribution in [0, 0.1) is 11.3 Å². The van der Waals surface area contributed by atoms with Crippen LogP contribution in [0.25, 0.3) is 0 Å². The highest BCUT2D eigenvalue weighted by Gasteiger charge is 2.40. The van der Waals surface area contributed by atoms with E-state index in [2.05, 4.69) is 24.5 Å². The maximum Gasteiger partial charge on any atom is 0.319 e. The van der Waals surface area contributed by atoms with Crippen LogP contribution in [-0.2, 0) is 4.79 Å². The van der Waals surface area contributed by atoms with Crippen LogP contribution in [0.5, 0.6) is 0 Å². The molecule has 4 nitrogen and oxygen atoms in total. The molecule has 17 heavy (non-hydrogen) atoms. The minimum atomic E-state index is -0.187. The molecule has 2 rings (SSSR count). The number of carbonyl (C=O) groups is 2. The maximum absolute atomic E-state index is 12.2. The first kappa shape index (κ1) is 12.1. The third-order valence-corrected chi connectivity index (χ3v) is 3.45. The van der Waals surface area contributed by atoms with Crippen molar-refractivity contribution in [2.45, 2.75) is 46.6 Å². The summed E-state index contributed by atoms with van der Waals surface area (Å²) in [7, 11) is 0. The Bertz CT molecular complexity index is 408. The van der Waals surface area contributed by atoms with Crippen LogP contribution in [0.15, 0.2) is 11.3 Å². The largest absolute Gasteiger partial charge is 0.331 e. The number of amides is 2. The predicted molar refractivity (Wildman–Crippen MR) is 65.3 cm³/mol. The highest BCUT2D eigenvalue weighted by Crippen LogP contribution is 2.38. The summed E-state index contributed by atoms with van der Waals surface area (Å²) in [5.74, 6) is 0.402. The fourth-order valence-corrected chi connectivity index (χ4v) is 2.69. The van der Waals surface area contributed by atoms with Gasteiger partial charge in [-0.3, -0.25) is 4.79 Å². The van der Waals surface area contributed by atoms with E-state index in [-0.39, 0.29) is 29.2 Å². The molecule has 0 unspecified atom stereocenters. The van der Waals surface area contributed by atoms with Crippen molar-refractivity contribution in [1.82, 2.24) is 10.6 Å². The molecule has 1 atom stereocenters. The lowest BCUT2D eigenvalue weighted by molar-refractivity contribution is -0.118. The average Bonchev–Trinajstić information content (AvgIpc) is 2.12. The number of carbonyl (C=O) groups excluding carboxylic acids is 2. The van der Waals surface area contributed by atoms with Gasteiger partial charge in [-0.25, -0.2) is 4.79 Å². The second kappa shape index (κ2) is 3.86. The summed E-state index contributed by atoms with van der Waals surface area (Å²) in [5.41, 5.74) is 1.56. The average molecular weight is 236 g/mol. The van der Waals surface area contributed by atoms with Crippen molar-refractivity contribution in [2.24, 2.45) is 11.3 Å². The number of rotatable bonds is 1. The van der Waals surface area contributed by atoms with Crippen LogP contribution >= 0.6 is 0 Å². The number of ketones is 1. The quantitative estimate of drug-likeness (QED) is 0.731. The van der Waals surface area contributed by atoms with Crippen LogP contribution < -0.4 is 10.6 Å². The third-order valence-electron chi connectivity index (χ3n) is 3.45. The predicted octanol–water partition coefficient (Wildman–Crippen LogP) is 1.97. The first-order chi connectivity index (χ1) is 7.80. The Balaban J connectivity index is 2.43. The molecular weight excluding hydrogens is 216 g/mol. The standard InChI is InChI=1S/C13H20N2O2/c1-7(2)11-10-8(14-12(17)15-11)5-13(3,4)6-9(10)16/h7,11H,5-6H2,1-4H3,(H2,14,15,17)/t11-/m1/s1. The van der Waals surface area contributed by atoms with E-state index in [9.17, 15) is 9.59 Å². The van der Waals surface area contributed by atoms with Crippen LogP contribution in [0.1, 0.15) is 40.5 Å². The van der Waals surface area contributed by atoms with Crippen molar-refractivity contribution >= 4 is 11.8 Å². The summed E-state index contributed by atoms with van der Waals surface area (Å²) in [6, 6.07) is -0.324. The molecule has 0 spiro atoms. The van der Waals surface area contributed by atoms with Gasteiger partial charge in [-0.1, -0.05) is 27.7 Å². The van der Waals surface area contributed by atoms with E-state index in [1.807, 2.05) is 13.8 Å². The first-order valence-electron chi connectivity index (χ1n) is 6.14. The van der Waals surface area contributed by atoms with Gasteiger partial charge in [-0.2, -0.15) is 0 Å². The zero-order valence-electron chi connectivity index (χ0n) is 10.9. The molecule has 0 fully saturated rings. The molecule has 2 aliphatic rings. The second-order valence-electron chi connectivity index (χ2n) is 6.15. The van der Waals surface area contributed by atoms with Crippen LogP contribution in [0.2, 0.25) is 0 Å². The Morgan fingerprint density at radius 2 is 1.88 bits per heavy atom. The molecule has 4 heteroatoms. The number of hydrogen-bond acceptors (Lipinski definition) is 2. The van der Waals surface area contributed by atoms with Gasteiger partial charge in [0.1, 0.15) is 0 Å². The number of allylic oxidation sites excluding steroid dienone is 1.